The molecule has 0 amide bonds. The Bertz CT molecular complexity index is 82.0. The fraction of sp³-hybridized carbons (Fsp3) is 1.00. The van der Waals surface area contributed by atoms with Crippen LogP contribution in [0.15, 0.2) is 0 Å². The van der Waals surface area contributed by atoms with E-state index in [1.165, 1.54) is 0 Å². The maximum Gasteiger partial charge on any atom is -0.0187 e. The largest absolute Gasteiger partial charge is 0.169 e. The number of rotatable bonds is 0. The van der Waals surface area contributed by atoms with Gasteiger partial charge in [0.2, 0.25) is 0 Å². The van der Waals surface area contributed by atoms with Crippen LogP contribution in [0.3, 0.4) is 0 Å². The molecule has 0 radical (unpaired) electrons. The molecule has 0 nitrogen and oxygen atoms in total. The maximum atomic E-state index is 2.04. The molecule has 0 saturated heterocycles. The van der Waals surface area contributed by atoms with E-state index in [-0.39, 0.29) is 89.1 Å². The minimum Gasteiger partial charge on any atom is -0.169 e. The van der Waals surface area contributed by atoms with Crippen LogP contribution in [0.4, 0.5) is 0 Å². The van der Waals surface area contributed by atoms with Crippen molar-refractivity contribution in [2.45, 2.75) is 89.1 Å². The van der Waals surface area contributed by atoms with Gasteiger partial charge in [0.15, 0.2) is 0 Å². The average molecular weight is 938 g/mol. The summed E-state index contributed by atoms with van der Waals surface area (Å²) in [6, 6.07) is 0. The highest BCUT2D eigenvalue weighted by atomic mass is 32.2. The van der Waals surface area contributed by atoms with Crippen molar-refractivity contribution >= 4 is 141 Å². The molecular weight excluding hydrogens is 817 g/mol. The molecule has 0 unspecified atom stereocenters. The molecule has 0 aromatic rings. The summed E-state index contributed by atoms with van der Waals surface area (Å²) in [5.74, 6) is 0. The molecule has 12 heteroatoms. The van der Waals surface area contributed by atoms with E-state index in [0.717, 1.165) is 0 Å². The molecule has 0 N–H and O–H groups in total. The Labute approximate surface area is 376 Å². The average Bonchev–Trinajstić information content (AvgIpc) is 2.75. The number of hydrogen-bond acceptors (Lipinski definition) is 12. The summed E-state index contributed by atoms with van der Waals surface area (Å²) < 4.78 is 0. The Hall–Kier alpha value is 4.20. The van der Waals surface area contributed by atoms with Crippen LogP contribution < -0.4 is 0 Å². The van der Waals surface area contributed by atoms with Crippen molar-refractivity contribution in [2.24, 2.45) is 0 Å². The molecule has 336 valence electrons. The lowest BCUT2D eigenvalue weighted by molar-refractivity contribution is 2.37. The lowest BCUT2D eigenvalue weighted by Gasteiger charge is -1.51. The van der Waals surface area contributed by atoms with Gasteiger partial charge in [-0.05, 0) is 150 Å². The highest BCUT2D eigenvalue weighted by Gasteiger charge is 1.36. The molecule has 0 aromatic carbocycles. The van der Waals surface area contributed by atoms with Gasteiger partial charge in [0.25, 0.3) is 0 Å². The molecule has 0 fully saturated rings. The van der Waals surface area contributed by atoms with E-state index in [9.17, 15) is 0 Å². The van der Waals surface area contributed by atoms with Crippen LogP contribution in [0.5, 0.6) is 0 Å². The topological polar surface area (TPSA) is 0 Å². The van der Waals surface area contributed by atoms with Gasteiger partial charge in [0.05, 0.1) is 0 Å². The summed E-state index contributed by atoms with van der Waals surface area (Å²) in [6.07, 6.45) is 49.0. The molecule has 0 atom stereocenters. The fourth-order valence-corrected chi connectivity index (χ4v) is 0. The lowest BCUT2D eigenvalue weighted by atomic mass is 11.9. The van der Waals surface area contributed by atoms with Gasteiger partial charge in [-0.1, -0.05) is 89.1 Å². The van der Waals surface area contributed by atoms with Gasteiger partial charge in [-0.2, -0.15) is 141 Å². The Morgan fingerprint density at radius 3 is 0.104 bits per heavy atom. The smallest absolute Gasteiger partial charge is 0.0187 e. The van der Waals surface area contributed by atoms with E-state index < -0.39 is 0 Å². The number of hydrogen-bond donors (Lipinski definition) is 0. The minimum atomic E-state index is 0. The van der Waals surface area contributed by atoms with Crippen LogP contribution in [-0.2, 0) is 0 Å². The van der Waals surface area contributed by atoms with Gasteiger partial charge in [0.1, 0.15) is 0 Å². The zero-order chi connectivity index (χ0) is 32.5. The molecule has 0 aliphatic heterocycles. The highest BCUT2D eigenvalue weighted by Crippen LogP contribution is 1.73. The SMILES string of the molecule is C.C.C.C.C.C.C.C.C.C.C.C.CSC.CSC.CSC.CSC.CSC.CSC.CSC.CSC.CSC.CSC.CSC.CSC. The summed E-state index contributed by atoms with van der Waals surface area (Å²) in [5, 5.41) is 0. The maximum absolute atomic E-state index is 2.04. The first-order valence-corrected chi connectivity index (χ1v) is 29.4. The van der Waals surface area contributed by atoms with Crippen molar-refractivity contribution in [3.8, 4) is 0 Å². The zero-order valence-electron chi connectivity index (χ0n) is 28.9. The summed E-state index contributed by atoms with van der Waals surface area (Å²) >= 11 is 21.0. The van der Waals surface area contributed by atoms with Gasteiger partial charge in [-0.25, -0.2) is 0 Å². The van der Waals surface area contributed by atoms with E-state index in [1.54, 1.807) is 141 Å². The molecule has 0 saturated carbocycles. The molecule has 48 heavy (non-hydrogen) atoms. The molecule has 0 rings (SSSR count). The third-order valence-electron chi connectivity index (χ3n) is 0. The van der Waals surface area contributed by atoms with Crippen LogP contribution in [0, 0.1) is 0 Å². The first-order valence-electron chi connectivity index (χ1n) is 9.80. The monoisotopic (exact) mass is 937 g/mol. The van der Waals surface area contributed by atoms with Crippen LogP contribution >= 0.6 is 141 Å². The second-order valence-electron chi connectivity index (χ2n) is 4.90. The first-order chi connectivity index (χ1) is 17.0. The molecule has 0 aromatic heterocycles. The predicted octanol–water partition coefficient (Wildman–Crippen LogP) is 19.4. The standard InChI is InChI=1S/12C2H6S.12CH4/c12*1-3-2;;;;;;;;;;;;/h12*1-2H3;12*1H4. The second-order valence-corrected chi connectivity index (χ2v) is 14.7. The quantitative estimate of drug-likeness (QED) is 0.227. The highest BCUT2D eigenvalue weighted by molar-refractivity contribution is 7.99. The molecule has 0 aliphatic carbocycles. The van der Waals surface area contributed by atoms with Gasteiger partial charge in [-0.15, -0.1) is 0 Å². The Balaban J connectivity index is -0.00000000582. The fourth-order valence-electron chi connectivity index (χ4n) is 0. The van der Waals surface area contributed by atoms with Crippen molar-refractivity contribution in [2.75, 3.05) is 150 Å². The Kier molecular flexibility index (Phi) is 1760. The van der Waals surface area contributed by atoms with Crippen LogP contribution in [0.1, 0.15) is 89.1 Å². The van der Waals surface area contributed by atoms with Crippen molar-refractivity contribution in [1.29, 1.82) is 0 Å². The van der Waals surface area contributed by atoms with E-state index in [0.29, 0.717) is 0 Å². The lowest BCUT2D eigenvalue weighted by Crippen LogP contribution is -1.25. The summed E-state index contributed by atoms with van der Waals surface area (Å²) in [4.78, 5) is 0. The van der Waals surface area contributed by atoms with Gasteiger partial charge < -0.3 is 0 Å². The third-order valence-corrected chi connectivity index (χ3v) is 0. The minimum absolute atomic E-state index is 0. The Morgan fingerprint density at radius 1 is 0.104 bits per heavy atom. The van der Waals surface area contributed by atoms with Gasteiger partial charge >= 0.3 is 0 Å². The van der Waals surface area contributed by atoms with E-state index >= 15 is 0 Å². The van der Waals surface area contributed by atoms with Crippen LogP contribution in [0.25, 0.3) is 0 Å². The summed E-state index contributed by atoms with van der Waals surface area (Å²) in [7, 11) is 0. The molecule has 0 bridgehead atoms. The van der Waals surface area contributed by atoms with Crippen LogP contribution in [0.2, 0.25) is 0 Å². The van der Waals surface area contributed by atoms with E-state index in [1.807, 2.05) is 150 Å². The van der Waals surface area contributed by atoms with Gasteiger partial charge in [0, 0.05) is 0 Å². The molecule has 0 spiro atoms. The molecule has 0 aliphatic rings. The van der Waals surface area contributed by atoms with Crippen molar-refractivity contribution in [1.82, 2.24) is 0 Å². The van der Waals surface area contributed by atoms with Crippen molar-refractivity contribution in [3.63, 3.8) is 0 Å². The van der Waals surface area contributed by atoms with Gasteiger partial charge in [-0.3, -0.25) is 0 Å². The first kappa shape index (κ1) is 172. The third kappa shape index (κ3) is 6890. The Morgan fingerprint density at radius 2 is 0.104 bits per heavy atom. The predicted molar refractivity (Wildman–Crippen MR) is 314 cm³/mol. The van der Waals surface area contributed by atoms with E-state index in [2.05, 4.69) is 0 Å². The molecule has 0 heterocycles. The number of thioether (sulfide) groups is 12. The zero-order valence-corrected chi connectivity index (χ0v) is 38.7. The van der Waals surface area contributed by atoms with E-state index in [4.69, 9.17) is 0 Å². The summed E-state index contributed by atoms with van der Waals surface area (Å²) in [6.45, 7) is 0. The normalized spacial score (nSPS) is 4.50. The van der Waals surface area contributed by atoms with Crippen LogP contribution in [-0.4, -0.2) is 150 Å². The molecular formula is C36H120S12. The summed E-state index contributed by atoms with van der Waals surface area (Å²) in [5.41, 5.74) is 0. The van der Waals surface area contributed by atoms with Crippen molar-refractivity contribution in [3.05, 3.63) is 0 Å². The van der Waals surface area contributed by atoms with Crippen molar-refractivity contribution < 1.29 is 0 Å². The second kappa shape index (κ2) is 492.